The van der Waals surface area contributed by atoms with Crippen LogP contribution in [0.15, 0.2) is 24.3 Å². The predicted molar refractivity (Wildman–Crippen MR) is 102 cm³/mol. The maximum Gasteiger partial charge on any atom is 0.246 e. The molecule has 26 heavy (non-hydrogen) atoms. The Bertz CT molecular complexity index is 907. The lowest BCUT2D eigenvalue weighted by atomic mass is 9.96. The van der Waals surface area contributed by atoms with Gasteiger partial charge in [-0.2, -0.15) is 5.10 Å². The molecule has 0 bridgehead atoms. The van der Waals surface area contributed by atoms with E-state index in [-0.39, 0.29) is 5.91 Å². The molecule has 1 fully saturated rings. The van der Waals surface area contributed by atoms with Crippen molar-refractivity contribution in [3.8, 4) is 5.75 Å². The van der Waals surface area contributed by atoms with Crippen LogP contribution in [0.5, 0.6) is 5.75 Å². The molecule has 1 N–H and O–H groups in total. The SMILES string of the molecule is Cn1c(C2CCN(C(=O)C=Cc3ccc4c(c3)CCO4)CC2)n[nH]c1=S. The fourth-order valence-electron chi connectivity index (χ4n) is 3.67. The molecular formula is C19H22N4O2S. The van der Waals surface area contributed by atoms with Crippen LogP contribution in [0.4, 0.5) is 0 Å². The Kier molecular flexibility index (Phi) is 4.63. The van der Waals surface area contributed by atoms with Crippen molar-refractivity contribution in [2.75, 3.05) is 19.7 Å². The highest BCUT2D eigenvalue weighted by molar-refractivity contribution is 7.71. The molecule has 1 aromatic carbocycles. The van der Waals surface area contributed by atoms with Crippen LogP contribution < -0.4 is 4.74 Å². The third-order valence-corrected chi connectivity index (χ3v) is 5.58. The van der Waals surface area contributed by atoms with Crippen molar-refractivity contribution in [2.45, 2.75) is 25.2 Å². The van der Waals surface area contributed by atoms with E-state index in [1.165, 1.54) is 5.56 Å². The topological polar surface area (TPSA) is 63.1 Å². The lowest BCUT2D eigenvalue weighted by Gasteiger charge is -2.30. The molecule has 2 aromatic rings. The first-order valence-electron chi connectivity index (χ1n) is 8.96. The first kappa shape index (κ1) is 17.0. The molecule has 2 aliphatic rings. The quantitative estimate of drug-likeness (QED) is 0.667. The van der Waals surface area contributed by atoms with Crippen LogP contribution in [-0.2, 0) is 18.3 Å². The van der Waals surface area contributed by atoms with Gasteiger partial charge in [0.25, 0.3) is 0 Å². The summed E-state index contributed by atoms with van der Waals surface area (Å²) in [5.41, 5.74) is 2.26. The number of likely N-dealkylation sites (tertiary alicyclic amines) is 1. The average molecular weight is 370 g/mol. The number of amides is 1. The molecule has 7 heteroatoms. The summed E-state index contributed by atoms with van der Waals surface area (Å²) in [6.07, 6.45) is 6.32. The minimum atomic E-state index is 0.0653. The van der Waals surface area contributed by atoms with Gasteiger partial charge in [-0.05, 0) is 54.4 Å². The second-order valence-corrected chi connectivity index (χ2v) is 7.23. The van der Waals surface area contributed by atoms with E-state index in [4.69, 9.17) is 17.0 Å². The van der Waals surface area contributed by atoms with Gasteiger partial charge in [0.05, 0.1) is 6.61 Å². The van der Waals surface area contributed by atoms with Gasteiger partial charge in [0.1, 0.15) is 11.6 Å². The number of rotatable bonds is 3. The van der Waals surface area contributed by atoms with Gasteiger partial charge in [-0.3, -0.25) is 9.89 Å². The monoisotopic (exact) mass is 370 g/mol. The molecule has 136 valence electrons. The standard InChI is InChI=1S/C19H22N4O2S/c1-22-18(20-21-19(22)26)14-6-9-23(10-7-14)17(24)5-3-13-2-4-16-15(12-13)8-11-25-16/h2-5,12,14H,6-11H2,1H3,(H,21,26). The highest BCUT2D eigenvalue weighted by Gasteiger charge is 2.25. The van der Waals surface area contributed by atoms with Crippen LogP contribution in [-0.4, -0.2) is 45.3 Å². The highest BCUT2D eigenvalue weighted by Crippen LogP contribution is 2.27. The smallest absolute Gasteiger partial charge is 0.246 e. The van der Waals surface area contributed by atoms with Gasteiger partial charge in [0.15, 0.2) is 4.77 Å². The minimum absolute atomic E-state index is 0.0653. The van der Waals surface area contributed by atoms with Gasteiger partial charge in [-0.15, -0.1) is 0 Å². The largest absolute Gasteiger partial charge is 0.493 e. The lowest BCUT2D eigenvalue weighted by molar-refractivity contribution is -0.127. The van der Waals surface area contributed by atoms with E-state index in [1.54, 1.807) is 6.08 Å². The van der Waals surface area contributed by atoms with E-state index in [9.17, 15) is 4.79 Å². The van der Waals surface area contributed by atoms with Crippen LogP contribution in [0.1, 0.15) is 35.7 Å². The Balaban J connectivity index is 1.36. The second-order valence-electron chi connectivity index (χ2n) is 6.84. The Hall–Kier alpha value is -2.41. The summed E-state index contributed by atoms with van der Waals surface area (Å²) in [5.74, 6) is 2.36. The molecule has 0 radical (unpaired) electrons. The average Bonchev–Trinajstić information content (AvgIpc) is 3.26. The van der Waals surface area contributed by atoms with E-state index in [0.29, 0.717) is 10.7 Å². The van der Waals surface area contributed by atoms with Crippen LogP contribution in [0.3, 0.4) is 0 Å². The number of nitrogens with one attached hydrogen (secondary N) is 1. The summed E-state index contributed by atoms with van der Waals surface area (Å²) in [6, 6.07) is 6.07. The number of hydrogen-bond acceptors (Lipinski definition) is 4. The summed E-state index contributed by atoms with van der Waals surface area (Å²) in [6.45, 7) is 2.23. The zero-order valence-electron chi connectivity index (χ0n) is 14.8. The molecular weight excluding hydrogens is 348 g/mol. The van der Waals surface area contributed by atoms with Crippen molar-refractivity contribution in [3.05, 3.63) is 46.0 Å². The number of aromatic amines is 1. The zero-order valence-corrected chi connectivity index (χ0v) is 15.6. The number of H-pyrrole nitrogens is 1. The van der Waals surface area contributed by atoms with Crippen molar-refractivity contribution >= 4 is 24.2 Å². The molecule has 0 atom stereocenters. The molecule has 0 aliphatic carbocycles. The summed E-state index contributed by atoms with van der Waals surface area (Å²) < 4.78 is 8.08. The van der Waals surface area contributed by atoms with Gasteiger partial charge < -0.3 is 14.2 Å². The molecule has 1 aromatic heterocycles. The van der Waals surface area contributed by atoms with Gasteiger partial charge >= 0.3 is 0 Å². The van der Waals surface area contributed by atoms with Gasteiger partial charge in [-0.25, -0.2) is 0 Å². The molecule has 3 heterocycles. The van der Waals surface area contributed by atoms with E-state index >= 15 is 0 Å². The van der Waals surface area contributed by atoms with E-state index in [2.05, 4.69) is 16.3 Å². The maximum absolute atomic E-state index is 12.5. The van der Waals surface area contributed by atoms with Gasteiger partial charge in [0, 0.05) is 38.6 Å². The first-order chi connectivity index (χ1) is 12.6. The molecule has 0 unspecified atom stereocenters. The van der Waals surface area contributed by atoms with E-state index in [0.717, 1.165) is 56.1 Å². The van der Waals surface area contributed by atoms with Gasteiger partial charge in [0.2, 0.25) is 5.91 Å². The Morgan fingerprint density at radius 1 is 1.38 bits per heavy atom. The van der Waals surface area contributed by atoms with E-state index < -0.39 is 0 Å². The van der Waals surface area contributed by atoms with Crippen molar-refractivity contribution in [3.63, 3.8) is 0 Å². The Morgan fingerprint density at radius 2 is 2.19 bits per heavy atom. The van der Waals surface area contributed by atoms with Crippen molar-refractivity contribution in [2.24, 2.45) is 7.05 Å². The van der Waals surface area contributed by atoms with Crippen molar-refractivity contribution < 1.29 is 9.53 Å². The molecule has 0 saturated carbocycles. The number of aromatic nitrogens is 3. The van der Waals surface area contributed by atoms with Crippen LogP contribution in [0.2, 0.25) is 0 Å². The molecule has 1 amide bonds. The van der Waals surface area contributed by atoms with E-state index in [1.807, 2.05) is 34.7 Å². The van der Waals surface area contributed by atoms with Crippen molar-refractivity contribution in [1.82, 2.24) is 19.7 Å². The Morgan fingerprint density at radius 3 is 2.92 bits per heavy atom. The molecule has 2 aliphatic heterocycles. The number of nitrogens with zero attached hydrogens (tertiary/aromatic N) is 3. The fourth-order valence-corrected chi connectivity index (χ4v) is 3.80. The number of fused-ring (bicyclic) bond motifs is 1. The van der Waals surface area contributed by atoms with Crippen LogP contribution >= 0.6 is 12.2 Å². The number of hydrogen-bond donors (Lipinski definition) is 1. The summed E-state index contributed by atoms with van der Waals surface area (Å²) in [4.78, 5) is 14.4. The fraction of sp³-hybridized carbons (Fsp3) is 0.421. The number of carbonyl (C=O) groups is 1. The maximum atomic E-state index is 12.5. The third-order valence-electron chi connectivity index (χ3n) is 5.22. The van der Waals surface area contributed by atoms with Crippen LogP contribution in [0, 0.1) is 4.77 Å². The minimum Gasteiger partial charge on any atom is -0.493 e. The highest BCUT2D eigenvalue weighted by atomic mass is 32.1. The van der Waals surface area contributed by atoms with Gasteiger partial charge in [-0.1, -0.05) is 6.07 Å². The normalized spacial score (nSPS) is 17.5. The second kappa shape index (κ2) is 7.07. The molecule has 6 nitrogen and oxygen atoms in total. The molecule has 0 spiro atoms. The number of piperidine rings is 1. The molecule has 4 rings (SSSR count). The van der Waals surface area contributed by atoms with Crippen LogP contribution in [0.25, 0.3) is 6.08 Å². The number of benzene rings is 1. The molecule has 1 saturated heterocycles. The van der Waals surface area contributed by atoms with Crippen molar-refractivity contribution in [1.29, 1.82) is 0 Å². The number of ether oxygens (including phenoxy) is 1. The summed E-state index contributed by atoms with van der Waals surface area (Å²) >= 11 is 5.18. The summed E-state index contributed by atoms with van der Waals surface area (Å²) in [5, 5.41) is 7.17. The third kappa shape index (κ3) is 3.31. The summed E-state index contributed by atoms with van der Waals surface area (Å²) in [7, 11) is 1.93. The first-order valence-corrected chi connectivity index (χ1v) is 9.36. The zero-order chi connectivity index (χ0) is 18.1. The lowest BCUT2D eigenvalue weighted by Crippen LogP contribution is -2.37. The Labute approximate surface area is 157 Å². The predicted octanol–water partition coefficient (Wildman–Crippen LogP) is 2.83. The number of carbonyl (C=O) groups excluding carboxylic acids is 1.